The molecule has 4 nitrogen and oxygen atoms in total. The molecule has 3 heterocycles. The van der Waals surface area contributed by atoms with Crippen LogP contribution in [0.25, 0.3) is 21.7 Å². The smallest absolute Gasteiger partial charge is 0.228 e. The summed E-state index contributed by atoms with van der Waals surface area (Å²) in [6, 6.07) is 21.0. The van der Waals surface area contributed by atoms with E-state index in [1.54, 1.807) is 6.20 Å². The van der Waals surface area contributed by atoms with E-state index in [1.807, 2.05) is 30.5 Å². The van der Waals surface area contributed by atoms with Gasteiger partial charge in [0.1, 0.15) is 11.4 Å². The molecule has 0 fully saturated rings. The fraction of sp³-hybridized carbons (Fsp3) is 0.200. The van der Waals surface area contributed by atoms with Crippen LogP contribution in [-0.4, -0.2) is 24.0 Å². The Morgan fingerprint density at radius 3 is 2.62 bits per heavy atom. The highest BCUT2D eigenvalue weighted by atomic mass is 16.5. The number of hydrogen-bond donors (Lipinski definition) is 0. The lowest BCUT2D eigenvalue weighted by Crippen LogP contribution is -2.61. The number of anilines is 1. The van der Waals surface area contributed by atoms with Gasteiger partial charge in [0.2, 0.25) is 5.72 Å². The van der Waals surface area contributed by atoms with Crippen molar-refractivity contribution in [3.63, 3.8) is 0 Å². The summed E-state index contributed by atoms with van der Waals surface area (Å²) in [6.45, 7) is 4.48. The van der Waals surface area contributed by atoms with E-state index in [-0.39, 0.29) is 5.41 Å². The van der Waals surface area contributed by atoms with Crippen molar-refractivity contribution in [3.8, 4) is 5.75 Å². The van der Waals surface area contributed by atoms with Gasteiger partial charge in [-0.25, -0.2) is 0 Å². The molecule has 2 aliphatic heterocycles. The second-order valence-corrected chi connectivity index (χ2v) is 8.41. The van der Waals surface area contributed by atoms with E-state index in [1.165, 1.54) is 22.0 Å². The van der Waals surface area contributed by atoms with Gasteiger partial charge in [0, 0.05) is 24.0 Å². The predicted molar refractivity (Wildman–Crippen MR) is 119 cm³/mol. The highest BCUT2D eigenvalue weighted by Gasteiger charge is 2.59. The second-order valence-electron chi connectivity index (χ2n) is 8.41. The second kappa shape index (κ2) is 5.35. The van der Waals surface area contributed by atoms with E-state index in [0.717, 1.165) is 22.3 Å². The lowest BCUT2D eigenvalue weighted by molar-refractivity contribution is 0.0827. The van der Waals surface area contributed by atoms with E-state index < -0.39 is 5.72 Å². The molecular weight excluding hydrogens is 358 g/mol. The Morgan fingerprint density at radius 2 is 1.72 bits per heavy atom. The minimum Gasteiger partial charge on any atom is -0.459 e. The maximum absolute atomic E-state index is 6.80. The van der Waals surface area contributed by atoms with Gasteiger partial charge in [-0.2, -0.15) is 0 Å². The molecule has 1 spiro atoms. The fourth-order valence-corrected chi connectivity index (χ4v) is 5.02. The van der Waals surface area contributed by atoms with Gasteiger partial charge in [0.15, 0.2) is 0 Å². The number of likely N-dealkylation sites (N-methyl/N-ethyl adjacent to an activating group) is 1. The molecule has 0 saturated carbocycles. The van der Waals surface area contributed by atoms with Crippen LogP contribution in [-0.2, 0) is 5.41 Å². The number of rotatable bonds is 0. The Morgan fingerprint density at radius 1 is 0.897 bits per heavy atom. The summed E-state index contributed by atoms with van der Waals surface area (Å²) in [7, 11) is 2.11. The van der Waals surface area contributed by atoms with Crippen molar-refractivity contribution >= 4 is 39.3 Å². The molecule has 3 aromatic carbocycles. The van der Waals surface area contributed by atoms with Gasteiger partial charge in [0.25, 0.3) is 0 Å². The van der Waals surface area contributed by atoms with Gasteiger partial charge in [-0.1, -0.05) is 36.4 Å². The third-order valence-corrected chi connectivity index (χ3v) is 6.66. The maximum atomic E-state index is 6.80. The fourth-order valence-electron chi connectivity index (χ4n) is 5.02. The Balaban J connectivity index is 1.59. The maximum Gasteiger partial charge on any atom is 0.228 e. The van der Waals surface area contributed by atoms with E-state index in [2.05, 4.69) is 67.2 Å². The first kappa shape index (κ1) is 16.5. The standard InChI is InChI=1S/C25H21N3O/c1-24(2)19-11-10-16-7-4-5-8-17(16)23(19)28(3)25(24)15-27-22-18-9-6-14-26-20(18)12-13-21(22)29-25/h4-15H,1-3H3/t25-/m1/s1. The molecule has 6 rings (SSSR count). The molecule has 2 aliphatic rings. The summed E-state index contributed by atoms with van der Waals surface area (Å²) >= 11 is 0. The number of hydrogen-bond acceptors (Lipinski definition) is 4. The summed E-state index contributed by atoms with van der Waals surface area (Å²) in [5.41, 5.74) is 3.29. The van der Waals surface area contributed by atoms with Crippen molar-refractivity contribution in [2.45, 2.75) is 25.0 Å². The highest BCUT2D eigenvalue weighted by Crippen LogP contribution is 2.55. The van der Waals surface area contributed by atoms with Crippen LogP contribution in [0.3, 0.4) is 0 Å². The molecule has 0 aliphatic carbocycles. The van der Waals surface area contributed by atoms with Crippen molar-refractivity contribution in [2.24, 2.45) is 4.99 Å². The van der Waals surface area contributed by atoms with E-state index in [9.17, 15) is 0 Å². The van der Waals surface area contributed by atoms with E-state index in [4.69, 9.17) is 9.73 Å². The Hall–Kier alpha value is -3.40. The van der Waals surface area contributed by atoms with Crippen LogP contribution in [0.15, 0.2) is 71.9 Å². The zero-order valence-corrected chi connectivity index (χ0v) is 16.7. The van der Waals surface area contributed by atoms with Crippen molar-refractivity contribution < 1.29 is 4.74 Å². The van der Waals surface area contributed by atoms with Gasteiger partial charge in [0.05, 0.1) is 22.8 Å². The van der Waals surface area contributed by atoms with Crippen LogP contribution in [0.4, 0.5) is 11.4 Å². The van der Waals surface area contributed by atoms with Crippen LogP contribution in [0.1, 0.15) is 19.4 Å². The lowest BCUT2D eigenvalue weighted by Gasteiger charge is -2.45. The number of aromatic nitrogens is 1. The van der Waals surface area contributed by atoms with Crippen LogP contribution in [0.2, 0.25) is 0 Å². The molecule has 142 valence electrons. The highest BCUT2D eigenvalue weighted by molar-refractivity contribution is 6.03. The molecule has 0 N–H and O–H groups in total. The van der Waals surface area contributed by atoms with E-state index in [0.29, 0.717) is 0 Å². The molecule has 0 bridgehead atoms. The van der Waals surface area contributed by atoms with Crippen LogP contribution in [0, 0.1) is 0 Å². The topological polar surface area (TPSA) is 37.7 Å². The number of aliphatic imine (C=N–C) groups is 1. The van der Waals surface area contributed by atoms with Gasteiger partial charge in [-0.15, -0.1) is 0 Å². The molecule has 1 atom stereocenters. The van der Waals surface area contributed by atoms with Crippen molar-refractivity contribution in [1.29, 1.82) is 0 Å². The molecular formula is C25H21N3O. The summed E-state index contributed by atoms with van der Waals surface area (Å²) in [4.78, 5) is 11.6. The van der Waals surface area contributed by atoms with Crippen LogP contribution >= 0.6 is 0 Å². The average molecular weight is 379 g/mol. The van der Waals surface area contributed by atoms with Crippen LogP contribution < -0.4 is 9.64 Å². The third kappa shape index (κ3) is 1.93. The van der Waals surface area contributed by atoms with Gasteiger partial charge < -0.3 is 9.64 Å². The summed E-state index contributed by atoms with van der Waals surface area (Å²) in [5, 5.41) is 3.48. The first-order chi connectivity index (χ1) is 14.0. The summed E-state index contributed by atoms with van der Waals surface area (Å²) in [6.07, 6.45) is 3.79. The number of fused-ring (bicyclic) bond motifs is 6. The molecule has 0 saturated heterocycles. The van der Waals surface area contributed by atoms with Gasteiger partial charge >= 0.3 is 0 Å². The first-order valence-electron chi connectivity index (χ1n) is 9.91. The van der Waals surface area contributed by atoms with Gasteiger partial charge in [-0.3, -0.25) is 9.98 Å². The Bertz CT molecular complexity index is 1340. The average Bonchev–Trinajstić information content (AvgIpc) is 2.92. The van der Waals surface area contributed by atoms with E-state index >= 15 is 0 Å². The molecule has 4 aromatic rings. The molecule has 0 amide bonds. The third-order valence-electron chi connectivity index (χ3n) is 6.66. The zero-order chi connectivity index (χ0) is 19.8. The van der Waals surface area contributed by atoms with Crippen molar-refractivity contribution in [2.75, 3.05) is 11.9 Å². The summed E-state index contributed by atoms with van der Waals surface area (Å²) < 4.78 is 6.80. The molecule has 29 heavy (non-hydrogen) atoms. The number of benzene rings is 3. The predicted octanol–water partition coefficient (Wildman–Crippen LogP) is 5.61. The lowest BCUT2D eigenvalue weighted by atomic mass is 9.77. The van der Waals surface area contributed by atoms with Crippen LogP contribution in [0.5, 0.6) is 5.75 Å². The monoisotopic (exact) mass is 379 g/mol. The SMILES string of the molecule is CN1c2c(ccc3ccccc23)C(C)(C)[C@]12C=Nc1c(ccc3ncccc13)O2. The number of pyridine rings is 1. The zero-order valence-electron chi connectivity index (χ0n) is 16.7. The molecule has 0 radical (unpaired) electrons. The molecule has 0 unspecified atom stereocenters. The molecule has 4 heteroatoms. The minimum absolute atomic E-state index is 0.286. The Kier molecular flexibility index (Phi) is 3.05. The van der Waals surface area contributed by atoms with Gasteiger partial charge in [-0.05, 0) is 49.1 Å². The number of ether oxygens (including phenoxy) is 1. The first-order valence-corrected chi connectivity index (χ1v) is 9.91. The quantitative estimate of drug-likeness (QED) is 0.399. The largest absolute Gasteiger partial charge is 0.459 e. The Labute approximate surface area is 169 Å². The van der Waals surface area contributed by atoms with Crippen molar-refractivity contribution in [3.05, 3.63) is 72.4 Å². The molecule has 1 aromatic heterocycles. The number of nitrogens with zero attached hydrogens (tertiary/aromatic N) is 3. The normalized spacial score (nSPS) is 21.4. The summed E-state index contributed by atoms with van der Waals surface area (Å²) in [5.74, 6) is 0.796. The minimum atomic E-state index is -0.692. The van der Waals surface area contributed by atoms with Crippen molar-refractivity contribution in [1.82, 2.24) is 4.98 Å².